The maximum Gasteiger partial charge on any atom is 0.433 e. The van der Waals surface area contributed by atoms with Crippen LogP contribution >= 0.6 is 0 Å². The number of pyridine rings is 2. The smallest absolute Gasteiger partial charge is 0.267 e. The number of aromatic nitrogens is 2. The highest BCUT2D eigenvalue weighted by atomic mass is 19.4. The van der Waals surface area contributed by atoms with Crippen LogP contribution in [0.4, 0.5) is 13.2 Å². The predicted octanol–water partition coefficient (Wildman–Crippen LogP) is 2.72. The van der Waals surface area contributed by atoms with Gasteiger partial charge in [0.1, 0.15) is 11.4 Å². The number of carbonyl (C=O) groups is 2. The van der Waals surface area contributed by atoms with E-state index < -0.39 is 23.7 Å². The van der Waals surface area contributed by atoms with E-state index in [1.54, 1.807) is 18.2 Å². The molecule has 0 bridgehead atoms. The third-order valence-corrected chi connectivity index (χ3v) is 3.44. The average Bonchev–Trinajstić information content (AvgIpc) is 2.64. The van der Waals surface area contributed by atoms with E-state index >= 15 is 0 Å². The molecule has 2 amide bonds. The number of benzene rings is 1. The zero-order chi connectivity index (χ0) is 18.7. The molecule has 3 aromatic rings. The summed E-state index contributed by atoms with van der Waals surface area (Å²) in [4.78, 5) is 31.3. The van der Waals surface area contributed by atoms with Crippen LogP contribution in [0.15, 0.2) is 54.7 Å². The van der Waals surface area contributed by atoms with E-state index in [9.17, 15) is 22.8 Å². The average molecular weight is 360 g/mol. The number of hydrogen-bond donors (Lipinski definition) is 2. The normalized spacial score (nSPS) is 11.2. The van der Waals surface area contributed by atoms with Crippen LogP contribution in [0.2, 0.25) is 0 Å². The summed E-state index contributed by atoms with van der Waals surface area (Å²) in [6, 6.07) is 12.0. The fourth-order valence-electron chi connectivity index (χ4n) is 2.14. The number of rotatable bonds is 2. The van der Waals surface area contributed by atoms with Crippen LogP contribution in [0, 0.1) is 0 Å². The predicted molar refractivity (Wildman–Crippen MR) is 85.9 cm³/mol. The maximum atomic E-state index is 12.4. The Morgan fingerprint density at radius 1 is 0.885 bits per heavy atom. The minimum absolute atomic E-state index is 0.0783. The van der Waals surface area contributed by atoms with E-state index in [-0.39, 0.29) is 11.3 Å². The molecule has 132 valence electrons. The first-order chi connectivity index (χ1) is 12.3. The Balaban J connectivity index is 1.65. The zero-order valence-corrected chi connectivity index (χ0v) is 13.0. The first-order valence-electron chi connectivity index (χ1n) is 7.34. The molecule has 9 heteroatoms. The molecule has 2 aromatic heterocycles. The molecule has 0 saturated heterocycles. The van der Waals surface area contributed by atoms with Crippen molar-refractivity contribution in [1.82, 2.24) is 20.8 Å². The second-order valence-corrected chi connectivity index (χ2v) is 5.23. The van der Waals surface area contributed by atoms with Gasteiger partial charge in [0.25, 0.3) is 11.8 Å². The van der Waals surface area contributed by atoms with Crippen LogP contribution in [0.25, 0.3) is 10.9 Å². The lowest BCUT2D eigenvalue weighted by molar-refractivity contribution is -0.141. The first kappa shape index (κ1) is 17.3. The molecule has 0 saturated carbocycles. The molecule has 2 heterocycles. The van der Waals surface area contributed by atoms with Gasteiger partial charge in [-0.15, -0.1) is 0 Å². The van der Waals surface area contributed by atoms with Crippen molar-refractivity contribution in [3.63, 3.8) is 0 Å². The molecule has 0 spiro atoms. The minimum atomic E-state index is -4.59. The van der Waals surface area contributed by atoms with Gasteiger partial charge in [0.2, 0.25) is 0 Å². The van der Waals surface area contributed by atoms with E-state index in [0.29, 0.717) is 11.6 Å². The Kier molecular flexibility index (Phi) is 4.53. The summed E-state index contributed by atoms with van der Waals surface area (Å²) >= 11 is 0. The summed E-state index contributed by atoms with van der Waals surface area (Å²) in [5.74, 6) is -1.47. The van der Waals surface area contributed by atoms with Crippen molar-refractivity contribution in [2.45, 2.75) is 6.18 Å². The van der Waals surface area contributed by atoms with Crippen molar-refractivity contribution in [2.24, 2.45) is 0 Å². The summed E-state index contributed by atoms with van der Waals surface area (Å²) in [7, 11) is 0. The molecule has 1 aromatic carbocycles. The zero-order valence-electron chi connectivity index (χ0n) is 13.0. The molecule has 0 aliphatic carbocycles. The molecule has 0 radical (unpaired) electrons. The third kappa shape index (κ3) is 3.77. The number of para-hydroxylation sites is 1. The lowest BCUT2D eigenvalue weighted by Crippen LogP contribution is -2.42. The van der Waals surface area contributed by atoms with Crippen molar-refractivity contribution >= 4 is 22.7 Å². The van der Waals surface area contributed by atoms with Gasteiger partial charge in [-0.25, -0.2) is 4.98 Å². The number of hydrogen-bond acceptors (Lipinski definition) is 4. The molecule has 26 heavy (non-hydrogen) atoms. The van der Waals surface area contributed by atoms with Crippen LogP contribution < -0.4 is 10.9 Å². The number of alkyl halides is 3. The van der Waals surface area contributed by atoms with Crippen LogP contribution in [-0.4, -0.2) is 21.8 Å². The van der Waals surface area contributed by atoms with E-state index in [2.05, 4.69) is 20.8 Å². The van der Waals surface area contributed by atoms with E-state index in [1.807, 2.05) is 12.1 Å². The standard InChI is InChI=1S/C17H11F3N4O2/c18-17(19,20)14-8-6-11(9-21-14)15(25)23-24-16(26)13-7-5-10-3-1-2-4-12(10)22-13/h1-9H,(H,23,25)(H,24,26). The van der Waals surface area contributed by atoms with Crippen molar-refractivity contribution in [3.8, 4) is 0 Å². The number of amides is 2. The van der Waals surface area contributed by atoms with Crippen LogP contribution in [-0.2, 0) is 6.18 Å². The van der Waals surface area contributed by atoms with Gasteiger partial charge >= 0.3 is 6.18 Å². The monoisotopic (exact) mass is 360 g/mol. The second-order valence-electron chi connectivity index (χ2n) is 5.23. The fraction of sp³-hybridized carbons (Fsp3) is 0.0588. The Morgan fingerprint density at radius 3 is 2.31 bits per heavy atom. The number of nitrogens with one attached hydrogen (secondary N) is 2. The van der Waals surface area contributed by atoms with Gasteiger partial charge in [-0.1, -0.05) is 24.3 Å². The summed E-state index contributed by atoms with van der Waals surface area (Å²) in [5, 5.41) is 0.851. The third-order valence-electron chi connectivity index (χ3n) is 3.44. The maximum absolute atomic E-state index is 12.4. The lowest BCUT2D eigenvalue weighted by Gasteiger charge is -2.09. The highest BCUT2D eigenvalue weighted by Crippen LogP contribution is 2.27. The molecular weight excluding hydrogens is 349 g/mol. The van der Waals surface area contributed by atoms with Crippen LogP contribution in [0.3, 0.4) is 0 Å². The molecule has 6 nitrogen and oxygen atoms in total. The highest BCUT2D eigenvalue weighted by Gasteiger charge is 2.32. The first-order valence-corrected chi connectivity index (χ1v) is 7.34. The second kappa shape index (κ2) is 6.79. The topological polar surface area (TPSA) is 84.0 Å². The minimum Gasteiger partial charge on any atom is -0.267 e. The van der Waals surface area contributed by atoms with Crippen molar-refractivity contribution in [2.75, 3.05) is 0 Å². The van der Waals surface area contributed by atoms with E-state index in [0.717, 1.165) is 17.6 Å². The Hall–Kier alpha value is -3.49. The highest BCUT2D eigenvalue weighted by molar-refractivity contribution is 5.99. The quantitative estimate of drug-likeness (QED) is 0.689. The van der Waals surface area contributed by atoms with Gasteiger partial charge < -0.3 is 0 Å². The molecule has 0 aliphatic rings. The van der Waals surface area contributed by atoms with Gasteiger partial charge in [0.05, 0.1) is 11.1 Å². The SMILES string of the molecule is O=C(NNC(=O)c1ccc2ccccc2n1)c1ccc(C(F)(F)F)nc1. The summed E-state index contributed by atoms with van der Waals surface area (Å²) in [6.45, 7) is 0. The van der Waals surface area contributed by atoms with Crippen molar-refractivity contribution < 1.29 is 22.8 Å². The fourth-order valence-corrected chi connectivity index (χ4v) is 2.14. The number of nitrogens with zero attached hydrogens (tertiary/aromatic N) is 2. The Labute approximate surface area is 145 Å². The van der Waals surface area contributed by atoms with Crippen LogP contribution in [0.5, 0.6) is 0 Å². The molecule has 2 N–H and O–H groups in total. The number of carbonyl (C=O) groups excluding carboxylic acids is 2. The van der Waals surface area contributed by atoms with E-state index in [1.165, 1.54) is 6.07 Å². The molecule has 0 aliphatic heterocycles. The van der Waals surface area contributed by atoms with Crippen molar-refractivity contribution in [3.05, 3.63) is 71.7 Å². The lowest BCUT2D eigenvalue weighted by atomic mass is 10.2. The van der Waals surface area contributed by atoms with Gasteiger partial charge in [-0.2, -0.15) is 13.2 Å². The van der Waals surface area contributed by atoms with Crippen molar-refractivity contribution in [1.29, 1.82) is 0 Å². The van der Waals surface area contributed by atoms with Crippen LogP contribution in [0.1, 0.15) is 26.5 Å². The summed E-state index contributed by atoms with van der Waals surface area (Å²) in [6.07, 6.45) is -3.82. The summed E-state index contributed by atoms with van der Waals surface area (Å²) < 4.78 is 37.3. The van der Waals surface area contributed by atoms with Gasteiger partial charge in [0.15, 0.2) is 0 Å². The largest absolute Gasteiger partial charge is 0.433 e. The van der Waals surface area contributed by atoms with Gasteiger partial charge in [0, 0.05) is 11.6 Å². The molecule has 3 rings (SSSR count). The molecule has 0 atom stereocenters. The molecule has 0 unspecified atom stereocenters. The number of fused-ring (bicyclic) bond motifs is 1. The number of halogens is 3. The Morgan fingerprint density at radius 2 is 1.62 bits per heavy atom. The Bertz CT molecular complexity index is 972. The molecular formula is C17H11F3N4O2. The van der Waals surface area contributed by atoms with Gasteiger partial charge in [-0.05, 0) is 24.3 Å². The van der Waals surface area contributed by atoms with Gasteiger partial charge in [-0.3, -0.25) is 25.4 Å². The van der Waals surface area contributed by atoms with E-state index in [4.69, 9.17) is 0 Å². The number of hydrazine groups is 1. The summed E-state index contributed by atoms with van der Waals surface area (Å²) in [5.41, 5.74) is 3.70. The molecule has 0 fully saturated rings.